The van der Waals surface area contributed by atoms with E-state index >= 15 is 0 Å². The second kappa shape index (κ2) is 10.8. The Morgan fingerprint density at radius 3 is 1.54 bits per heavy atom. The predicted molar refractivity (Wildman–Crippen MR) is 106 cm³/mol. The Labute approximate surface area is 157 Å². The van der Waals surface area contributed by atoms with Crippen molar-refractivity contribution in [2.24, 2.45) is 0 Å². The minimum atomic E-state index is 0.232. The van der Waals surface area contributed by atoms with Gasteiger partial charge in [0.1, 0.15) is 17.2 Å². The number of phenolic OH excluding ortho intramolecular Hbond substituents is 3. The van der Waals surface area contributed by atoms with E-state index in [1.807, 2.05) is 12.1 Å². The lowest BCUT2D eigenvalue weighted by atomic mass is 10.3. The molecule has 0 aromatic heterocycles. The molecule has 3 aromatic rings. The zero-order valence-corrected chi connectivity index (χ0v) is 15.3. The van der Waals surface area contributed by atoms with Crippen molar-refractivity contribution in [3.05, 3.63) is 72.8 Å². The summed E-state index contributed by atoms with van der Waals surface area (Å²) in [6, 6.07) is 20.3. The molecule has 6 heteroatoms. The number of benzene rings is 3. The van der Waals surface area contributed by atoms with Crippen LogP contribution in [0.1, 0.15) is 0 Å². The van der Waals surface area contributed by atoms with Crippen LogP contribution in [0.25, 0.3) is 0 Å². The van der Waals surface area contributed by atoms with E-state index in [9.17, 15) is 0 Å². The molecular formula is C18H18O3S3. The number of aromatic hydroxyl groups is 3. The summed E-state index contributed by atoms with van der Waals surface area (Å²) in [6.07, 6.45) is 0. The predicted octanol–water partition coefficient (Wildman–Crippen LogP) is 5.04. The van der Waals surface area contributed by atoms with Gasteiger partial charge in [-0.1, -0.05) is 18.2 Å². The molecule has 0 unspecified atom stereocenters. The zero-order valence-electron chi connectivity index (χ0n) is 12.6. The highest BCUT2D eigenvalue weighted by Crippen LogP contribution is 2.18. The molecule has 0 saturated carbocycles. The molecule has 0 radical (unpaired) electrons. The van der Waals surface area contributed by atoms with Gasteiger partial charge < -0.3 is 15.3 Å². The van der Waals surface area contributed by atoms with Crippen LogP contribution in [0.3, 0.4) is 0 Å². The second-order valence-corrected chi connectivity index (χ2v) is 6.04. The first-order valence-electron chi connectivity index (χ1n) is 6.81. The van der Waals surface area contributed by atoms with E-state index in [0.717, 1.165) is 9.79 Å². The third kappa shape index (κ3) is 8.67. The molecule has 0 amide bonds. The average Bonchev–Trinajstić information content (AvgIpc) is 2.54. The van der Waals surface area contributed by atoms with Crippen molar-refractivity contribution in [1.29, 1.82) is 0 Å². The fourth-order valence-electron chi connectivity index (χ4n) is 1.41. The molecule has 3 rings (SSSR count). The van der Waals surface area contributed by atoms with Gasteiger partial charge in [0.25, 0.3) is 0 Å². The van der Waals surface area contributed by atoms with Crippen molar-refractivity contribution < 1.29 is 15.3 Å². The molecule has 24 heavy (non-hydrogen) atoms. The summed E-state index contributed by atoms with van der Waals surface area (Å²) in [5.74, 6) is 0.774. The highest BCUT2D eigenvalue weighted by Gasteiger charge is 1.88. The number of thiol groups is 3. The van der Waals surface area contributed by atoms with Gasteiger partial charge in [-0.15, -0.1) is 37.9 Å². The van der Waals surface area contributed by atoms with Gasteiger partial charge in [-0.25, -0.2) is 0 Å². The van der Waals surface area contributed by atoms with E-state index < -0.39 is 0 Å². The van der Waals surface area contributed by atoms with Crippen LogP contribution in [0.2, 0.25) is 0 Å². The monoisotopic (exact) mass is 378 g/mol. The van der Waals surface area contributed by atoms with Gasteiger partial charge in [0.2, 0.25) is 0 Å². The molecule has 0 aliphatic heterocycles. The molecule has 126 valence electrons. The van der Waals surface area contributed by atoms with E-state index in [4.69, 9.17) is 15.3 Å². The molecule has 0 aliphatic rings. The topological polar surface area (TPSA) is 60.7 Å². The van der Waals surface area contributed by atoms with Crippen LogP contribution in [0.5, 0.6) is 17.2 Å². The van der Waals surface area contributed by atoms with Gasteiger partial charge in [0.15, 0.2) is 0 Å². The third-order valence-corrected chi connectivity index (χ3v) is 3.52. The van der Waals surface area contributed by atoms with E-state index in [2.05, 4.69) is 37.9 Å². The Morgan fingerprint density at radius 1 is 0.542 bits per heavy atom. The molecule has 3 nitrogen and oxygen atoms in total. The van der Waals surface area contributed by atoms with Crippen molar-refractivity contribution in [1.82, 2.24) is 0 Å². The van der Waals surface area contributed by atoms with Crippen molar-refractivity contribution >= 4 is 37.9 Å². The van der Waals surface area contributed by atoms with Crippen LogP contribution in [-0.4, -0.2) is 15.3 Å². The molecule has 0 heterocycles. The number of rotatable bonds is 0. The Morgan fingerprint density at radius 2 is 1.17 bits per heavy atom. The number of hydrogen-bond donors (Lipinski definition) is 6. The van der Waals surface area contributed by atoms with Gasteiger partial charge in [-0.2, -0.15) is 0 Å². The molecular weight excluding hydrogens is 360 g/mol. The second-order valence-electron chi connectivity index (χ2n) is 4.52. The lowest BCUT2D eigenvalue weighted by Crippen LogP contribution is -1.64. The first-order chi connectivity index (χ1) is 11.4. The van der Waals surface area contributed by atoms with Crippen LogP contribution in [0.15, 0.2) is 87.5 Å². The van der Waals surface area contributed by atoms with Gasteiger partial charge in [-0.3, -0.25) is 0 Å². The summed E-state index contributed by atoms with van der Waals surface area (Å²) < 4.78 is 0. The summed E-state index contributed by atoms with van der Waals surface area (Å²) in [5, 5.41) is 26.3. The standard InChI is InChI=1S/3C6H6OS/c7-5-1-3-6(8)4-2-5;7-5-2-1-3-6(8)4-5;7-5-3-1-2-4-6(5)8/h3*1-4,7-8H. The first kappa shape index (κ1) is 20.2. The zero-order chi connectivity index (χ0) is 17.9. The largest absolute Gasteiger partial charge is 0.508 e. The molecule has 0 aliphatic carbocycles. The first-order valence-corrected chi connectivity index (χ1v) is 8.15. The summed E-state index contributed by atoms with van der Waals surface area (Å²) in [7, 11) is 0. The van der Waals surface area contributed by atoms with E-state index in [1.165, 1.54) is 0 Å². The van der Waals surface area contributed by atoms with Crippen molar-refractivity contribution in [3.8, 4) is 17.2 Å². The summed E-state index contributed by atoms with van der Waals surface area (Å²) in [4.78, 5) is 2.26. The third-order valence-electron chi connectivity index (χ3n) is 2.56. The lowest BCUT2D eigenvalue weighted by molar-refractivity contribution is 0.462. The summed E-state index contributed by atoms with van der Waals surface area (Å²) >= 11 is 12.0. The Hall–Kier alpha value is -1.89. The fourth-order valence-corrected chi connectivity index (χ4v) is 1.94. The number of phenols is 3. The van der Waals surface area contributed by atoms with Gasteiger partial charge in [0, 0.05) is 14.7 Å². The van der Waals surface area contributed by atoms with Crippen molar-refractivity contribution in [2.75, 3.05) is 0 Å². The van der Waals surface area contributed by atoms with Crippen LogP contribution in [0.4, 0.5) is 0 Å². The highest BCUT2D eigenvalue weighted by atomic mass is 32.1. The molecule has 0 fully saturated rings. The van der Waals surface area contributed by atoms with Gasteiger partial charge >= 0.3 is 0 Å². The summed E-state index contributed by atoms with van der Waals surface area (Å²) in [6.45, 7) is 0. The van der Waals surface area contributed by atoms with Gasteiger partial charge in [-0.05, 0) is 54.6 Å². The molecule has 0 atom stereocenters. The highest BCUT2D eigenvalue weighted by molar-refractivity contribution is 7.80. The molecule has 0 spiro atoms. The fraction of sp³-hybridized carbons (Fsp3) is 0. The molecule has 3 N–H and O–H groups in total. The van der Waals surface area contributed by atoms with E-state index in [1.54, 1.807) is 60.7 Å². The minimum Gasteiger partial charge on any atom is -0.508 e. The SMILES string of the molecule is Oc1ccc(S)cc1.Oc1cccc(S)c1.Oc1ccccc1S. The van der Waals surface area contributed by atoms with Crippen LogP contribution in [-0.2, 0) is 0 Å². The normalized spacial score (nSPS) is 9.12. The van der Waals surface area contributed by atoms with E-state index in [0.29, 0.717) is 4.90 Å². The maximum Gasteiger partial charge on any atom is 0.128 e. The molecule has 3 aromatic carbocycles. The number of para-hydroxylation sites is 1. The maximum atomic E-state index is 8.84. The summed E-state index contributed by atoms with van der Waals surface area (Å²) in [5.41, 5.74) is 0. The van der Waals surface area contributed by atoms with Crippen LogP contribution in [0, 0.1) is 0 Å². The number of hydrogen-bond acceptors (Lipinski definition) is 6. The molecule has 0 saturated heterocycles. The lowest BCUT2D eigenvalue weighted by Gasteiger charge is -1.91. The van der Waals surface area contributed by atoms with Crippen LogP contribution < -0.4 is 0 Å². The Balaban J connectivity index is 0.000000180. The minimum absolute atomic E-state index is 0.232. The Kier molecular flexibility index (Phi) is 9.07. The smallest absolute Gasteiger partial charge is 0.128 e. The van der Waals surface area contributed by atoms with Crippen LogP contribution >= 0.6 is 37.9 Å². The average molecular weight is 379 g/mol. The van der Waals surface area contributed by atoms with E-state index in [-0.39, 0.29) is 17.2 Å². The quantitative estimate of drug-likeness (QED) is 0.311. The Bertz CT molecular complexity index is 687. The van der Waals surface area contributed by atoms with Gasteiger partial charge in [0.05, 0.1) is 0 Å². The molecule has 0 bridgehead atoms. The maximum absolute atomic E-state index is 8.84. The van der Waals surface area contributed by atoms with Crippen molar-refractivity contribution in [3.63, 3.8) is 0 Å². The van der Waals surface area contributed by atoms with Crippen molar-refractivity contribution in [2.45, 2.75) is 14.7 Å².